The van der Waals surface area contributed by atoms with E-state index in [9.17, 15) is 9.59 Å². The normalized spacial score (nSPS) is 13.2. The lowest BCUT2D eigenvalue weighted by Crippen LogP contribution is -2.22. The minimum absolute atomic E-state index is 0.306. The summed E-state index contributed by atoms with van der Waals surface area (Å²) in [5.74, 6) is 0.845. The molecule has 0 saturated heterocycles. The highest BCUT2D eigenvalue weighted by atomic mass is 35.5. The molecule has 3 heterocycles. The quantitative estimate of drug-likeness (QED) is 0.558. The molecule has 0 radical (unpaired) electrons. The first-order valence-corrected chi connectivity index (χ1v) is 8.86. The zero-order valence-corrected chi connectivity index (χ0v) is 15.0. The van der Waals surface area contributed by atoms with E-state index in [2.05, 4.69) is 32.2 Å². The second-order valence-corrected chi connectivity index (χ2v) is 6.70. The number of nitrogens with one attached hydrogen (secondary N) is 2. The molecule has 1 aromatic carbocycles. The summed E-state index contributed by atoms with van der Waals surface area (Å²) in [5, 5.41) is 5.05. The van der Waals surface area contributed by atoms with Crippen molar-refractivity contribution in [2.75, 3.05) is 0 Å². The molecule has 5 rings (SSSR count). The number of rotatable bonds is 2. The van der Waals surface area contributed by atoms with Gasteiger partial charge in [0.15, 0.2) is 5.65 Å². The van der Waals surface area contributed by atoms with E-state index in [1.807, 2.05) is 12.1 Å². The molecule has 136 valence electrons. The molecule has 3 aromatic heterocycles. The number of benzene rings is 1. The van der Waals surface area contributed by atoms with Gasteiger partial charge in [-0.25, -0.2) is 14.3 Å². The van der Waals surface area contributed by atoms with Crippen molar-refractivity contribution in [3.63, 3.8) is 0 Å². The van der Waals surface area contributed by atoms with Crippen molar-refractivity contribution in [3.8, 4) is 11.3 Å². The van der Waals surface area contributed by atoms with E-state index in [1.54, 1.807) is 29.0 Å². The minimum atomic E-state index is -0.539. The maximum atomic E-state index is 11.6. The van der Waals surface area contributed by atoms with Crippen LogP contribution in [-0.2, 0) is 0 Å². The van der Waals surface area contributed by atoms with Crippen LogP contribution in [-0.4, -0.2) is 24.6 Å². The maximum Gasteiger partial charge on any atom is 0.325 e. The second kappa shape index (κ2) is 7.20. The summed E-state index contributed by atoms with van der Waals surface area (Å²) in [6.45, 7) is 0. The highest BCUT2D eigenvalue weighted by Gasteiger charge is 2.22. The molecule has 0 aliphatic heterocycles. The van der Waals surface area contributed by atoms with Crippen molar-refractivity contribution in [2.45, 2.75) is 18.8 Å². The van der Waals surface area contributed by atoms with Gasteiger partial charge in [-0.3, -0.25) is 9.78 Å². The number of aromatic nitrogens is 5. The lowest BCUT2D eigenvalue weighted by atomic mass is 10.1. The van der Waals surface area contributed by atoms with Gasteiger partial charge in [0, 0.05) is 23.6 Å². The van der Waals surface area contributed by atoms with Gasteiger partial charge in [-0.05, 0) is 48.6 Å². The van der Waals surface area contributed by atoms with E-state index in [4.69, 9.17) is 11.6 Å². The zero-order valence-electron chi connectivity index (χ0n) is 14.2. The van der Waals surface area contributed by atoms with Crippen molar-refractivity contribution >= 4 is 17.2 Å². The molecule has 1 aliphatic rings. The molecule has 8 heteroatoms. The zero-order chi connectivity index (χ0) is 18.8. The van der Waals surface area contributed by atoms with Gasteiger partial charge in [-0.15, -0.1) is 0 Å². The summed E-state index contributed by atoms with van der Waals surface area (Å²) in [5.41, 5.74) is 1.90. The Morgan fingerprint density at radius 2 is 1.85 bits per heavy atom. The van der Waals surface area contributed by atoms with Gasteiger partial charge in [0.1, 0.15) is 0 Å². The van der Waals surface area contributed by atoms with Gasteiger partial charge < -0.3 is 4.98 Å². The average molecular weight is 382 g/mol. The van der Waals surface area contributed by atoms with Crippen LogP contribution in [0.4, 0.5) is 0 Å². The number of aromatic amines is 2. The number of hydrogen-bond donors (Lipinski definition) is 2. The molecule has 0 unspecified atom stereocenters. The third-order valence-corrected chi connectivity index (χ3v) is 4.52. The number of halogens is 1. The van der Waals surface area contributed by atoms with Crippen molar-refractivity contribution in [2.24, 2.45) is 0 Å². The fourth-order valence-electron chi connectivity index (χ4n) is 2.71. The Morgan fingerprint density at radius 1 is 1.07 bits per heavy atom. The van der Waals surface area contributed by atoms with Crippen LogP contribution in [0.5, 0.6) is 0 Å². The number of fused-ring (bicyclic) bond motifs is 1. The average Bonchev–Trinajstić information content (AvgIpc) is 3.40. The molecule has 4 aromatic rings. The van der Waals surface area contributed by atoms with Crippen LogP contribution in [0.2, 0.25) is 5.02 Å². The first kappa shape index (κ1) is 17.2. The molecule has 2 N–H and O–H groups in total. The van der Waals surface area contributed by atoms with E-state index in [-0.39, 0.29) is 0 Å². The maximum absolute atomic E-state index is 11.6. The summed E-state index contributed by atoms with van der Waals surface area (Å²) in [4.78, 5) is 31.1. The Bertz CT molecular complexity index is 1190. The summed E-state index contributed by atoms with van der Waals surface area (Å²) >= 11 is 5.74. The lowest BCUT2D eigenvalue weighted by molar-refractivity contribution is 0.934. The second-order valence-electron chi connectivity index (χ2n) is 6.26. The van der Waals surface area contributed by atoms with Crippen molar-refractivity contribution in [1.29, 1.82) is 0 Å². The van der Waals surface area contributed by atoms with E-state index >= 15 is 0 Å². The van der Waals surface area contributed by atoms with Gasteiger partial charge in [0.05, 0.1) is 11.3 Å². The molecular formula is C19H16ClN5O2. The standard InChI is InChI=1S/C10H7N5O2.C9H9Cl/c16-9-6(5-12-10(17)13-9)7-1-2-8-11-3-4-15(8)14-7;10-9-5-3-8(4-6-9)7-1-2-7/h1-5H,(H2,12,13,16,17);3-7H,1-2H2. The fourth-order valence-corrected chi connectivity index (χ4v) is 2.84. The molecule has 1 saturated carbocycles. The third-order valence-electron chi connectivity index (χ3n) is 4.27. The summed E-state index contributed by atoms with van der Waals surface area (Å²) < 4.78 is 1.56. The largest absolute Gasteiger partial charge is 0.325 e. The highest BCUT2D eigenvalue weighted by molar-refractivity contribution is 6.30. The van der Waals surface area contributed by atoms with Gasteiger partial charge in [-0.2, -0.15) is 5.10 Å². The number of nitrogens with zero attached hydrogens (tertiary/aromatic N) is 3. The van der Waals surface area contributed by atoms with Crippen molar-refractivity contribution in [1.82, 2.24) is 24.6 Å². The van der Waals surface area contributed by atoms with Crippen LogP contribution in [0, 0.1) is 0 Å². The summed E-state index contributed by atoms with van der Waals surface area (Å²) in [6.07, 6.45) is 7.36. The molecular weight excluding hydrogens is 366 g/mol. The lowest BCUT2D eigenvalue weighted by Gasteiger charge is -1.99. The molecule has 7 nitrogen and oxygen atoms in total. The Morgan fingerprint density at radius 3 is 2.56 bits per heavy atom. The summed E-state index contributed by atoms with van der Waals surface area (Å²) in [7, 11) is 0. The molecule has 0 amide bonds. The van der Waals surface area contributed by atoms with E-state index in [0.717, 1.165) is 10.9 Å². The molecule has 27 heavy (non-hydrogen) atoms. The third kappa shape index (κ3) is 3.98. The van der Waals surface area contributed by atoms with Crippen LogP contribution in [0.1, 0.15) is 24.3 Å². The number of hydrogen-bond acceptors (Lipinski definition) is 4. The summed E-state index contributed by atoms with van der Waals surface area (Å²) in [6, 6.07) is 11.6. The molecule has 0 bridgehead atoms. The monoisotopic (exact) mass is 381 g/mol. The Labute approximate surface area is 158 Å². The predicted octanol–water partition coefficient (Wildman–Crippen LogP) is 2.99. The highest BCUT2D eigenvalue weighted by Crippen LogP contribution is 2.40. The Hall–Kier alpha value is -3.19. The van der Waals surface area contributed by atoms with Crippen molar-refractivity contribution in [3.05, 3.63) is 86.4 Å². The number of imidazole rings is 1. The molecule has 1 fully saturated rings. The Balaban J connectivity index is 0.000000153. The molecule has 0 spiro atoms. The van der Waals surface area contributed by atoms with Gasteiger partial charge in [0.2, 0.25) is 0 Å². The smallest absolute Gasteiger partial charge is 0.313 e. The number of H-pyrrole nitrogens is 2. The SMILES string of the molecule is Clc1ccc(C2CC2)cc1.O=c1[nH]cc(-c2ccc3nccn3n2)c(=O)[nH]1. The van der Waals surface area contributed by atoms with Crippen LogP contribution in [0.25, 0.3) is 16.9 Å². The van der Waals surface area contributed by atoms with Crippen LogP contribution >= 0.6 is 11.6 Å². The Kier molecular flexibility index (Phi) is 4.60. The van der Waals surface area contributed by atoms with Gasteiger partial charge in [0.25, 0.3) is 5.56 Å². The van der Waals surface area contributed by atoms with E-state index in [1.165, 1.54) is 24.6 Å². The van der Waals surface area contributed by atoms with Crippen molar-refractivity contribution < 1.29 is 0 Å². The van der Waals surface area contributed by atoms with Crippen LogP contribution in [0.3, 0.4) is 0 Å². The van der Waals surface area contributed by atoms with Crippen LogP contribution < -0.4 is 11.2 Å². The predicted molar refractivity (Wildman–Crippen MR) is 103 cm³/mol. The molecule has 1 aliphatic carbocycles. The van der Waals surface area contributed by atoms with Gasteiger partial charge >= 0.3 is 5.69 Å². The van der Waals surface area contributed by atoms with Crippen LogP contribution in [0.15, 0.2) is 64.6 Å². The first-order valence-electron chi connectivity index (χ1n) is 8.48. The topological polar surface area (TPSA) is 95.9 Å². The molecule has 0 atom stereocenters. The fraction of sp³-hybridized carbons (Fsp3) is 0.158. The van der Waals surface area contributed by atoms with E-state index in [0.29, 0.717) is 16.9 Å². The minimum Gasteiger partial charge on any atom is -0.313 e. The first-order chi connectivity index (χ1) is 13.1. The van der Waals surface area contributed by atoms with E-state index < -0.39 is 11.2 Å². The van der Waals surface area contributed by atoms with Gasteiger partial charge in [-0.1, -0.05) is 23.7 Å².